The zero-order valence-electron chi connectivity index (χ0n) is 13.6. The molecule has 2 rings (SSSR count). The van der Waals surface area contributed by atoms with Crippen molar-refractivity contribution in [3.05, 3.63) is 36.0 Å². The van der Waals surface area contributed by atoms with Gasteiger partial charge in [0.1, 0.15) is 5.82 Å². The van der Waals surface area contributed by atoms with Crippen LogP contribution < -0.4 is 10.2 Å². The molecule has 0 unspecified atom stereocenters. The van der Waals surface area contributed by atoms with Crippen molar-refractivity contribution < 1.29 is 9.53 Å². The van der Waals surface area contributed by atoms with Crippen molar-refractivity contribution in [1.82, 2.24) is 9.72 Å². The number of nitrogens with one attached hydrogen (secondary N) is 1. The third-order valence-electron chi connectivity index (χ3n) is 3.79. The predicted octanol–water partition coefficient (Wildman–Crippen LogP) is 2.55. The average molecular weight is 303 g/mol. The number of anilines is 1. The lowest BCUT2D eigenvalue weighted by molar-refractivity contribution is 0.0948. The van der Waals surface area contributed by atoms with Gasteiger partial charge in [0.2, 0.25) is 0 Å². The van der Waals surface area contributed by atoms with E-state index < -0.39 is 0 Å². The highest BCUT2D eigenvalue weighted by molar-refractivity contribution is 5.94. The molecule has 1 amide bonds. The molecule has 0 aromatic carbocycles. The molecule has 0 bridgehead atoms. The Morgan fingerprint density at radius 1 is 1.23 bits per heavy atom. The number of ether oxygens (including phenoxy) is 1. The topological polar surface area (TPSA) is 46.0 Å². The first-order valence-electron chi connectivity index (χ1n) is 7.84. The summed E-state index contributed by atoms with van der Waals surface area (Å²) in [5.74, 6) is 1.08. The van der Waals surface area contributed by atoms with Crippen LogP contribution in [-0.2, 0) is 4.74 Å². The Hall–Kier alpha value is -2.01. The maximum atomic E-state index is 12.2. The van der Waals surface area contributed by atoms with Gasteiger partial charge in [0, 0.05) is 45.1 Å². The average Bonchev–Trinajstić information content (AvgIpc) is 2.96. The van der Waals surface area contributed by atoms with Crippen LogP contribution in [0.2, 0.25) is 0 Å². The summed E-state index contributed by atoms with van der Waals surface area (Å²) < 4.78 is 7.06. The molecule has 5 heteroatoms. The third-order valence-corrected chi connectivity index (χ3v) is 3.79. The lowest BCUT2D eigenvalue weighted by Gasteiger charge is -2.20. The third kappa shape index (κ3) is 3.60. The van der Waals surface area contributed by atoms with Gasteiger partial charge in [0.15, 0.2) is 0 Å². The highest BCUT2D eigenvalue weighted by Gasteiger charge is 2.11. The van der Waals surface area contributed by atoms with Crippen molar-refractivity contribution in [2.45, 2.75) is 20.3 Å². The van der Waals surface area contributed by atoms with E-state index in [0.29, 0.717) is 18.7 Å². The molecule has 0 radical (unpaired) electrons. The number of methoxy groups -OCH3 is 1. The van der Waals surface area contributed by atoms with E-state index in [1.165, 1.54) is 0 Å². The van der Waals surface area contributed by atoms with Gasteiger partial charge in [0.25, 0.3) is 5.91 Å². The van der Waals surface area contributed by atoms with E-state index in [0.717, 1.165) is 30.8 Å². The van der Waals surface area contributed by atoms with Crippen molar-refractivity contribution in [3.8, 4) is 0 Å². The van der Waals surface area contributed by atoms with E-state index in [9.17, 15) is 4.79 Å². The van der Waals surface area contributed by atoms with Gasteiger partial charge in [-0.25, -0.2) is 0 Å². The highest BCUT2D eigenvalue weighted by atomic mass is 16.5. The Kier molecular flexibility index (Phi) is 5.83. The monoisotopic (exact) mass is 303 g/mol. The molecule has 1 N–H and O–H groups in total. The number of hydrogen-bond acceptors (Lipinski definition) is 3. The SMILES string of the molecule is CCN(CC)c1ccc2ccc(C(=O)NCCCOC)cn12. The lowest BCUT2D eigenvalue weighted by Crippen LogP contribution is -2.26. The molecule has 0 saturated heterocycles. The molecule has 5 nitrogen and oxygen atoms in total. The fraction of sp³-hybridized carbons (Fsp3) is 0.471. The number of hydrogen-bond donors (Lipinski definition) is 1. The second-order valence-corrected chi connectivity index (χ2v) is 5.18. The van der Waals surface area contributed by atoms with E-state index in [4.69, 9.17) is 4.74 Å². The van der Waals surface area contributed by atoms with Crippen LogP contribution in [0, 0.1) is 0 Å². The Balaban J connectivity index is 2.18. The molecular weight excluding hydrogens is 278 g/mol. The van der Waals surface area contributed by atoms with E-state index >= 15 is 0 Å². The molecule has 0 fully saturated rings. The van der Waals surface area contributed by atoms with Gasteiger partial charge in [-0.05, 0) is 44.5 Å². The van der Waals surface area contributed by atoms with E-state index in [1.54, 1.807) is 7.11 Å². The molecule has 2 aromatic rings. The van der Waals surface area contributed by atoms with Crippen LogP contribution in [0.5, 0.6) is 0 Å². The van der Waals surface area contributed by atoms with Crippen LogP contribution in [0.3, 0.4) is 0 Å². The van der Waals surface area contributed by atoms with Gasteiger partial charge < -0.3 is 19.4 Å². The smallest absolute Gasteiger partial charge is 0.252 e. The number of aromatic nitrogens is 1. The zero-order valence-corrected chi connectivity index (χ0v) is 13.6. The van der Waals surface area contributed by atoms with Crippen molar-refractivity contribution in [3.63, 3.8) is 0 Å². The van der Waals surface area contributed by atoms with Crippen molar-refractivity contribution in [2.24, 2.45) is 0 Å². The summed E-state index contributed by atoms with van der Waals surface area (Å²) in [7, 11) is 1.66. The van der Waals surface area contributed by atoms with Gasteiger partial charge in [-0.15, -0.1) is 0 Å². The summed E-state index contributed by atoms with van der Waals surface area (Å²) in [4.78, 5) is 14.5. The zero-order chi connectivity index (χ0) is 15.9. The molecule has 0 saturated carbocycles. The number of carbonyl (C=O) groups is 1. The van der Waals surface area contributed by atoms with E-state index in [1.807, 2.05) is 18.3 Å². The number of nitrogens with zero attached hydrogens (tertiary/aromatic N) is 2. The number of fused-ring (bicyclic) bond motifs is 1. The van der Waals surface area contributed by atoms with Gasteiger partial charge >= 0.3 is 0 Å². The summed E-state index contributed by atoms with van der Waals surface area (Å²) in [6, 6.07) is 8.03. The minimum absolute atomic E-state index is 0.0443. The molecule has 120 valence electrons. The van der Waals surface area contributed by atoms with Gasteiger partial charge in [-0.2, -0.15) is 0 Å². The Labute approximate surface area is 131 Å². The molecule has 0 aliphatic rings. The predicted molar refractivity (Wildman–Crippen MR) is 89.8 cm³/mol. The molecule has 22 heavy (non-hydrogen) atoms. The Bertz CT molecular complexity index is 617. The summed E-state index contributed by atoms with van der Waals surface area (Å²) in [5.41, 5.74) is 1.77. The minimum Gasteiger partial charge on any atom is -0.385 e. The highest BCUT2D eigenvalue weighted by Crippen LogP contribution is 2.20. The van der Waals surface area contributed by atoms with E-state index in [2.05, 4.69) is 40.6 Å². The van der Waals surface area contributed by atoms with Crippen molar-refractivity contribution >= 4 is 17.2 Å². The summed E-state index contributed by atoms with van der Waals surface area (Å²) in [6.45, 7) is 7.43. The second-order valence-electron chi connectivity index (χ2n) is 5.18. The molecule has 0 aliphatic carbocycles. The minimum atomic E-state index is -0.0443. The largest absolute Gasteiger partial charge is 0.385 e. The first kappa shape index (κ1) is 16.4. The van der Waals surface area contributed by atoms with Crippen molar-refractivity contribution in [2.75, 3.05) is 38.3 Å². The van der Waals surface area contributed by atoms with Crippen LogP contribution in [0.25, 0.3) is 5.52 Å². The number of pyridine rings is 1. The van der Waals surface area contributed by atoms with E-state index in [-0.39, 0.29) is 5.91 Å². The number of amides is 1. The fourth-order valence-electron chi connectivity index (χ4n) is 2.55. The van der Waals surface area contributed by atoms with Crippen LogP contribution in [-0.4, -0.2) is 43.7 Å². The fourth-order valence-corrected chi connectivity index (χ4v) is 2.55. The summed E-state index contributed by atoms with van der Waals surface area (Å²) in [5, 5.41) is 2.92. The number of carbonyl (C=O) groups excluding carboxylic acids is 1. The summed E-state index contributed by atoms with van der Waals surface area (Å²) >= 11 is 0. The van der Waals surface area contributed by atoms with Crippen LogP contribution in [0.1, 0.15) is 30.6 Å². The first-order chi connectivity index (χ1) is 10.7. The molecule has 0 atom stereocenters. The number of rotatable bonds is 8. The van der Waals surface area contributed by atoms with Crippen LogP contribution in [0.4, 0.5) is 5.82 Å². The molecule has 2 aromatic heterocycles. The molecule has 0 aliphatic heterocycles. The van der Waals surface area contributed by atoms with Crippen LogP contribution >= 0.6 is 0 Å². The van der Waals surface area contributed by atoms with Gasteiger partial charge in [-0.3, -0.25) is 4.79 Å². The Morgan fingerprint density at radius 3 is 2.64 bits per heavy atom. The maximum Gasteiger partial charge on any atom is 0.252 e. The lowest BCUT2D eigenvalue weighted by atomic mass is 10.2. The van der Waals surface area contributed by atoms with Gasteiger partial charge in [-0.1, -0.05) is 0 Å². The van der Waals surface area contributed by atoms with Crippen LogP contribution in [0.15, 0.2) is 30.5 Å². The molecule has 2 heterocycles. The van der Waals surface area contributed by atoms with Crippen molar-refractivity contribution in [1.29, 1.82) is 0 Å². The molecule has 0 spiro atoms. The molecular formula is C17H25N3O2. The van der Waals surface area contributed by atoms with Gasteiger partial charge in [0.05, 0.1) is 5.56 Å². The second kappa shape index (κ2) is 7.84. The standard InChI is InChI=1S/C17H25N3O2/c1-4-19(5-2)16-10-9-15-8-7-14(13-20(15)16)17(21)18-11-6-12-22-3/h7-10,13H,4-6,11-12H2,1-3H3,(H,18,21). The normalized spacial score (nSPS) is 10.9. The summed E-state index contributed by atoms with van der Waals surface area (Å²) in [6.07, 6.45) is 2.73. The maximum absolute atomic E-state index is 12.2. The Morgan fingerprint density at radius 2 is 1.95 bits per heavy atom. The first-order valence-corrected chi connectivity index (χ1v) is 7.84. The quantitative estimate of drug-likeness (QED) is 0.762.